The van der Waals surface area contributed by atoms with Crippen molar-refractivity contribution in [3.63, 3.8) is 0 Å². The van der Waals surface area contributed by atoms with E-state index in [-0.39, 0.29) is 5.78 Å². The van der Waals surface area contributed by atoms with Crippen molar-refractivity contribution >= 4 is 40.2 Å². The normalized spacial score (nSPS) is 10.8. The minimum atomic E-state index is 0.141. The van der Waals surface area contributed by atoms with E-state index in [4.69, 9.17) is 0 Å². The van der Waals surface area contributed by atoms with Crippen molar-refractivity contribution in [2.24, 2.45) is 0 Å². The predicted molar refractivity (Wildman–Crippen MR) is 76.7 cm³/mol. The molecule has 0 saturated heterocycles. The summed E-state index contributed by atoms with van der Waals surface area (Å²) in [4.78, 5) is 17.3. The van der Waals surface area contributed by atoms with E-state index in [1.54, 1.807) is 41.4 Å². The average molecular weight is 283 g/mol. The van der Waals surface area contributed by atoms with E-state index in [0.29, 0.717) is 0 Å². The van der Waals surface area contributed by atoms with Crippen molar-refractivity contribution in [2.45, 2.75) is 25.0 Å². The number of thiophene rings is 1. The van der Waals surface area contributed by atoms with Crippen molar-refractivity contribution < 1.29 is 4.79 Å². The maximum absolute atomic E-state index is 11.7. The Hall–Kier alpha value is -0.650. The molecule has 0 bridgehead atoms. The van der Waals surface area contributed by atoms with Gasteiger partial charge >= 0.3 is 0 Å². The zero-order valence-electron chi connectivity index (χ0n) is 10.2. The first-order valence-electron chi connectivity index (χ1n) is 5.15. The molecule has 2 rings (SSSR count). The number of nitrogens with zero attached hydrogens (tertiary/aromatic N) is 1. The monoisotopic (exact) mass is 283 g/mol. The lowest BCUT2D eigenvalue weighted by Gasteiger charge is -1.97. The Bertz CT molecular complexity index is 568. The second-order valence-electron chi connectivity index (χ2n) is 3.77. The van der Waals surface area contributed by atoms with E-state index < -0.39 is 0 Å². The van der Waals surface area contributed by atoms with Crippen LogP contribution in [0, 0.1) is 13.8 Å². The molecule has 90 valence electrons. The molecular formula is C12H13NOS3. The highest BCUT2D eigenvalue weighted by atomic mass is 32.2. The molecule has 2 aromatic heterocycles. The van der Waals surface area contributed by atoms with Gasteiger partial charge in [0.05, 0.1) is 9.09 Å². The molecule has 0 unspecified atom stereocenters. The molecule has 0 amide bonds. The number of thioether (sulfide) groups is 1. The van der Waals surface area contributed by atoms with Crippen LogP contribution in [0.1, 0.15) is 28.5 Å². The number of rotatable bonds is 3. The van der Waals surface area contributed by atoms with Crippen LogP contribution >= 0.6 is 34.4 Å². The van der Waals surface area contributed by atoms with E-state index in [0.717, 1.165) is 30.9 Å². The van der Waals surface area contributed by atoms with Crippen LogP contribution < -0.4 is 0 Å². The van der Waals surface area contributed by atoms with Gasteiger partial charge in [-0.3, -0.25) is 4.79 Å². The summed E-state index contributed by atoms with van der Waals surface area (Å²) in [5, 5.41) is 3.06. The lowest BCUT2D eigenvalue weighted by Crippen LogP contribution is -1.94. The van der Waals surface area contributed by atoms with E-state index in [1.807, 2.05) is 25.5 Å². The molecule has 0 spiro atoms. The first-order chi connectivity index (χ1) is 8.04. The molecule has 0 radical (unpaired) electrons. The summed E-state index contributed by atoms with van der Waals surface area (Å²) in [5.41, 5.74) is 2.97. The molecule has 0 saturated carbocycles. The molecule has 2 aromatic rings. The molecule has 0 N–H and O–H groups in total. The highest BCUT2D eigenvalue weighted by Crippen LogP contribution is 2.41. The van der Waals surface area contributed by atoms with E-state index in [2.05, 4.69) is 4.98 Å². The smallest absolute Gasteiger partial charge is 0.162 e. The van der Waals surface area contributed by atoms with E-state index in [9.17, 15) is 4.79 Å². The van der Waals surface area contributed by atoms with E-state index in [1.165, 1.54) is 0 Å². The maximum atomic E-state index is 11.7. The molecule has 2 nitrogen and oxygen atoms in total. The number of hydrogen-bond donors (Lipinski definition) is 0. The Labute approximate surface area is 113 Å². The standard InChI is InChI=1S/C12H13NOS3/c1-6-5-16-11(13-6)10-7(2)9(8(3)14)12(15-4)17-10/h5H,1-4H3. The van der Waals surface area contributed by atoms with Gasteiger partial charge in [0, 0.05) is 16.6 Å². The summed E-state index contributed by atoms with van der Waals surface area (Å²) < 4.78 is 1.10. The fraction of sp³-hybridized carbons (Fsp3) is 0.333. The van der Waals surface area contributed by atoms with Crippen LogP contribution in [0.3, 0.4) is 0 Å². The summed E-state index contributed by atoms with van der Waals surface area (Å²) in [6.07, 6.45) is 2.01. The number of Topliss-reactive ketones (excluding diaryl/α,β-unsaturated/α-hetero) is 1. The molecule has 0 atom stereocenters. The first-order valence-corrected chi connectivity index (χ1v) is 8.07. The molecule has 0 aliphatic rings. The number of hydrogen-bond acceptors (Lipinski definition) is 5. The highest BCUT2D eigenvalue weighted by molar-refractivity contribution is 8.00. The minimum absolute atomic E-state index is 0.141. The molecule has 17 heavy (non-hydrogen) atoms. The number of aryl methyl sites for hydroxylation is 1. The quantitative estimate of drug-likeness (QED) is 0.617. The fourth-order valence-electron chi connectivity index (χ4n) is 1.70. The van der Waals surface area contributed by atoms with Gasteiger partial charge < -0.3 is 0 Å². The van der Waals surface area contributed by atoms with E-state index >= 15 is 0 Å². The molecule has 0 aromatic carbocycles. The van der Waals surface area contributed by atoms with Crippen molar-refractivity contribution in [1.82, 2.24) is 4.98 Å². The first kappa shape index (κ1) is 12.8. The average Bonchev–Trinajstić information content (AvgIpc) is 2.81. The number of ketones is 1. The zero-order valence-corrected chi connectivity index (χ0v) is 12.6. The lowest BCUT2D eigenvalue weighted by molar-refractivity contribution is 0.101. The zero-order chi connectivity index (χ0) is 12.6. The van der Waals surface area contributed by atoms with Crippen LogP contribution in [-0.4, -0.2) is 17.0 Å². The third-order valence-electron chi connectivity index (χ3n) is 2.47. The SMILES string of the molecule is CSc1sc(-c2nc(C)cs2)c(C)c1C(C)=O. The highest BCUT2D eigenvalue weighted by Gasteiger charge is 2.20. The van der Waals surface area contributed by atoms with Crippen LogP contribution in [0.2, 0.25) is 0 Å². The summed E-state index contributed by atoms with van der Waals surface area (Å²) in [5.74, 6) is 0.141. The summed E-state index contributed by atoms with van der Waals surface area (Å²) in [6, 6.07) is 0. The van der Waals surface area contributed by atoms with Crippen LogP contribution in [0.5, 0.6) is 0 Å². The number of carbonyl (C=O) groups excluding carboxylic acids is 1. The van der Waals surface area contributed by atoms with Gasteiger partial charge in [-0.05, 0) is 32.6 Å². The Morgan fingerprint density at radius 3 is 2.53 bits per heavy atom. The van der Waals surface area contributed by atoms with Crippen molar-refractivity contribution in [1.29, 1.82) is 0 Å². The Morgan fingerprint density at radius 2 is 2.12 bits per heavy atom. The molecule has 0 fully saturated rings. The number of thiazole rings is 1. The third kappa shape index (κ3) is 2.32. The van der Waals surface area contributed by atoms with Gasteiger partial charge in [-0.15, -0.1) is 34.4 Å². The molecule has 2 heterocycles. The van der Waals surface area contributed by atoms with Gasteiger partial charge in [0.25, 0.3) is 0 Å². The van der Waals surface area contributed by atoms with Crippen molar-refractivity contribution in [2.75, 3.05) is 6.26 Å². The largest absolute Gasteiger partial charge is 0.294 e. The Kier molecular flexibility index (Phi) is 3.70. The lowest BCUT2D eigenvalue weighted by atomic mass is 10.1. The third-order valence-corrected chi connectivity index (χ3v) is 5.99. The van der Waals surface area contributed by atoms with Gasteiger partial charge in [0.15, 0.2) is 5.78 Å². The minimum Gasteiger partial charge on any atom is -0.294 e. The van der Waals surface area contributed by atoms with Crippen LogP contribution in [0.25, 0.3) is 9.88 Å². The van der Waals surface area contributed by atoms with Crippen LogP contribution in [0.15, 0.2) is 9.59 Å². The van der Waals surface area contributed by atoms with Gasteiger partial charge in [-0.1, -0.05) is 0 Å². The molecule has 0 aliphatic carbocycles. The van der Waals surface area contributed by atoms with Gasteiger partial charge in [-0.2, -0.15) is 0 Å². The second-order valence-corrected chi connectivity index (χ2v) is 6.73. The fourth-order valence-corrected chi connectivity index (χ4v) is 4.82. The predicted octanol–water partition coefficient (Wildman–Crippen LogP) is 4.41. The molecular weight excluding hydrogens is 270 g/mol. The van der Waals surface area contributed by atoms with Crippen LogP contribution in [0.4, 0.5) is 0 Å². The Balaban J connectivity index is 2.60. The van der Waals surface area contributed by atoms with Gasteiger partial charge in [0.2, 0.25) is 0 Å². The summed E-state index contributed by atoms with van der Waals surface area (Å²) >= 11 is 4.95. The summed E-state index contributed by atoms with van der Waals surface area (Å²) in [7, 11) is 0. The summed E-state index contributed by atoms with van der Waals surface area (Å²) in [6.45, 7) is 5.63. The maximum Gasteiger partial charge on any atom is 0.162 e. The van der Waals surface area contributed by atoms with Gasteiger partial charge in [0.1, 0.15) is 5.01 Å². The molecule has 0 aliphatic heterocycles. The topological polar surface area (TPSA) is 30.0 Å². The van der Waals surface area contributed by atoms with Crippen molar-refractivity contribution in [3.05, 3.63) is 22.2 Å². The number of carbonyl (C=O) groups is 1. The van der Waals surface area contributed by atoms with Crippen molar-refractivity contribution in [3.8, 4) is 9.88 Å². The molecule has 5 heteroatoms. The number of aromatic nitrogens is 1. The van der Waals surface area contributed by atoms with Gasteiger partial charge in [-0.25, -0.2) is 4.98 Å². The Morgan fingerprint density at radius 1 is 1.41 bits per heavy atom. The van der Waals surface area contributed by atoms with Crippen LogP contribution in [-0.2, 0) is 0 Å². The second kappa shape index (κ2) is 4.92.